The lowest BCUT2D eigenvalue weighted by atomic mass is 10.0. The molecule has 3 aromatic carbocycles. The Kier molecular flexibility index (Phi) is 8.75. The highest BCUT2D eigenvalue weighted by atomic mass is 35.5. The third kappa shape index (κ3) is 6.73. The molecule has 0 aliphatic rings. The molecule has 0 heterocycles. The number of hydrogen-bond donors (Lipinski definition) is 1. The lowest BCUT2D eigenvalue weighted by molar-refractivity contribution is -0.142. The summed E-state index contributed by atoms with van der Waals surface area (Å²) < 4.78 is 5.73. The van der Waals surface area contributed by atoms with E-state index in [1.807, 2.05) is 49.4 Å². The fourth-order valence-electron chi connectivity index (χ4n) is 3.44. The van der Waals surface area contributed by atoms with E-state index < -0.39 is 6.04 Å². The first-order valence-corrected chi connectivity index (χ1v) is 11.3. The van der Waals surface area contributed by atoms with E-state index in [9.17, 15) is 9.59 Å². The average Bonchev–Trinajstić information content (AvgIpc) is 2.82. The van der Waals surface area contributed by atoms with Crippen LogP contribution < -0.4 is 10.1 Å². The van der Waals surface area contributed by atoms with Crippen LogP contribution in [0.25, 0.3) is 0 Å². The minimum Gasteiger partial charge on any atom is -0.484 e. The molecule has 1 atom stereocenters. The monoisotopic (exact) mass is 484 g/mol. The molecule has 7 heteroatoms. The number of aryl methyl sites for hydroxylation is 1. The molecule has 0 saturated heterocycles. The normalized spacial score (nSPS) is 11.5. The summed E-state index contributed by atoms with van der Waals surface area (Å²) >= 11 is 12.8. The lowest BCUT2D eigenvalue weighted by Gasteiger charge is -2.31. The van der Waals surface area contributed by atoms with E-state index in [-0.39, 0.29) is 25.0 Å². The van der Waals surface area contributed by atoms with Gasteiger partial charge in [-0.3, -0.25) is 9.59 Å². The van der Waals surface area contributed by atoms with E-state index in [2.05, 4.69) is 5.32 Å². The van der Waals surface area contributed by atoms with Gasteiger partial charge < -0.3 is 15.0 Å². The van der Waals surface area contributed by atoms with E-state index >= 15 is 0 Å². The fraction of sp³-hybridized carbons (Fsp3) is 0.231. The van der Waals surface area contributed by atoms with E-state index in [4.69, 9.17) is 27.9 Å². The van der Waals surface area contributed by atoms with E-state index in [1.54, 1.807) is 37.4 Å². The first-order valence-electron chi connectivity index (χ1n) is 10.6. The Bertz CT molecular complexity index is 1070. The molecule has 0 aliphatic heterocycles. The summed E-state index contributed by atoms with van der Waals surface area (Å²) in [4.78, 5) is 27.8. The molecule has 0 spiro atoms. The highest BCUT2D eigenvalue weighted by Crippen LogP contribution is 2.27. The first-order chi connectivity index (χ1) is 15.9. The number of benzene rings is 3. The third-order valence-corrected chi connectivity index (χ3v) is 6.00. The minimum absolute atomic E-state index is 0.0690. The van der Waals surface area contributed by atoms with Gasteiger partial charge in [0.1, 0.15) is 11.8 Å². The Morgan fingerprint density at radius 2 is 1.58 bits per heavy atom. The Morgan fingerprint density at radius 3 is 2.18 bits per heavy atom. The van der Waals surface area contributed by atoms with Gasteiger partial charge in [0.15, 0.2) is 6.61 Å². The minimum atomic E-state index is -0.779. The summed E-state index contributed by atoms with van der Waals surface area (Å²) in [5, 5.41) is 3.53. The number of rotatable bonds is 9. The zero-order valence-corrected chi connectivity index (χ0v) is 20.1. The van der Waals surface area contributed by atoms with E-state index in [1.165, 1.54) is 4.90 Å². The van der Waals surface area contributed by atoms with Crippen LogP contribution in [-0.4, -0.2) is 36.4 Å². The van der Waals surface area contributed by atoms with Gasteiger partial charge in [-0.1, -0.05) is 77.3 Å². The Labute approximate surface area is 204 Å². The smallest absolute Gasteiger partial charge is 0.261 e. The molecule has 3 aromatic rings. The third-order valence-electron chi connectivity index (χ3n) is 5.29. The second-order valence-electron chi connectivity index (χ2n) is 7.64. The molecule has 0 aliphatic carbocycles. The molecule has 1 unspecified atom stereocenters. The van der Waals surface area contributed by atoms with Crippen molar-refractivity contribution in [3.05, 3.63) is 99.5 Å². The highest BCUT2D eigenvalue weighted by Gasteiger charge is 2.31. The van der Waals surface area contributed by atoms with Crippen molar-refractivity contribution in [3.63, 3.8) is 0 Å². The van der Waals surface area contributed by atoms with Gasteiger partial charge in [0.05, 0.1) is 0 Å². The van der Waals surface area contributed by atoms with Crippen molar-refractivity contribution in [1.29, 1.82) is 0 Å². The number of likely N-dealkylation sites (N-methyl/N-ethyl adjacent to an activating group) is 1. The number of carbonyl (C=O) groups excluding carboxylic acids is 2. The maximum absolute atomic E-state index is 13.4. The van der Waals surface area contributed by atoms with Crippen LogP contribution in [0.4, 0.5) is 0 Å². The molecule has 33 heavy (non-hydrogen) atoms. The van der Waals surface area contributed by atoms with Crippen molar-refractivity contribution in [1.82, 2.24) is 10.2 Å². The number of carbonyl (C=O) groups is 2. The average molecular weight is 485 g/mol. The zero-order chi connectivity index (χ0) is 23.8. The van der Waals surface area contributed by atoms with Gasteiger partial charge in [-0.25, -0.2) is 0 Å². The second-order valence-corrected chi connectivity index (χ2v) is 8.46. The highest BCUT2D eigenvalue weighted by molar-refractivity contribution is 6.36. The van der Waals surface area contributed by atoms with Crippen molar-refractivity contribution >= 4 is 35.0 Å². The predicted octanol–water partition coefficient (Wildman–Crippen LogP) is 5.07. The Morgan fingerprint density at radius 1 is 0.939 bits per heavy atom. The lowest BCUT2D eigenvalue weighted by Crippen LogP contribution is -2.51. The molecule has 0 fully saturated rings. The van der Waals surface area contributed by atoms with Crippen molar-refractivity contribution in [2.45, 2.75) is 25.9 Å². The van der Waals surface area contributed by atoms with Crippen LogP contribution in [0.1, 0.15) is 16.7 Å². The summed E-state index contributed by atoms with van der Waals surface area (Å²) in [5.41, 5.74) is 2.59. The summed E-state index contributed by atoms with van der Waals surface area (Å²) in [5.74, 6) is -0.0639. The van der Waals surface area contributed by atoms with Crippen molar-refractivity contribution in [3.8, 4) is 5.75 Å². The number of nitrogens with one attached hydrogen (secondary N) is 1. The van der Waals surface area contributed by atoms with Crippen molar-refractivity contribution in [2.24, 2.45) is 0 Å². The van der Waals surface area contributed by atoms with Gasteiger partial charge in [0, 0.05) is 35.6 Å². The van der Waals surface area contributed by atoms with Crippen molar-refractivity contribution in [2.75, 3.05) is 13.7 Å². The van der Waals surface area contributed by atoms with Gasteiger partial charge in [0.25, 0.3) is 5.91 Å². The molecule has 0 aromatic heterocycles. The van der Waals surface area contributed by atoms with E-state index in [0.717, 1.165) is 11.1 Å². The summed E-state index contributed by atoms with van der Waals surface area (Å²) in [7, 11) is 1.55. The van der Waals surface area contributed by atoms with Crippen LogP contribution in [0.2, 0.25) is 10.0 Å². The summed E-state index contributed by atoms with van der Waals surface area (Å²) in [6.07, 6.45) is 0.332. The van der Waals surface area contributed by atoms with Crippen LogP contribution in [0.5, 0.6) is 5.75 Å². The maximum atomic E-state index is 13.4. The van der Waals surface area contributed by atoms with Crippen molar-refractivity contribution < 1.29 is 14.3 Å². The second kappa shape index (κ2) is 11.7. The Hall–Kier alpha value is -3.02. The molecule has 2 amide bonds. The number of hydrogen-bond acceptors (Lipinski definition) is 3. The molecule has 1 N–H and O–H groups in total. The van der Waals surface area contributed by atoms with Crippen LogP contribution in [-0.2, 0) is 22.6 Å². The molecule has 0 saturated carbocycles. The molecular formula is C26H26Cl2N2O3. The molecule has 172 valence electrons. The topological polar surface area (TPSA) is 58.6 Å². The van der Waals surface area contributed by atoms with Gasteiger partial charge in [-0.05, 0) is 36.8 Å². The fourth-order valence-corrected chi connectivity index (χ4v) is 3.95. The van der Waals surface area contributed by atoms with Crippen LogP contribution >= 0.6 is 23.2 Å². The largest absolute Gasteiger partial charge is 0.484 e. The SMILES string of the molecule is CNC(=O)C(Cc1ccccc1)N(Cc1c(Cl)cccc1Cl)C(=O)COc1ccc(C)cc1. The standard InChI is InChI=1S/C26H26Cl2N2O3/c1-18-11-13-20(14-12-18)33-17-25(31)30(16-21-22(27)9-6-10-23(21)28)24(26(32)29-2)15-19-7-4-3-5-8-19/h3-14,24H,15-17H2,1-2H3,(H,29,32). The summed E-state index contributed by atoms with van der Waals surface area (Å²) in [6, 6.07) is 21.3. The predicted molar refractivity (Wildman–Crippen MR) is 132 cm³/mol. The van der Waals surface area contributed by atoms with Gasteiger partial charge in [-0.2, -0.15) is 0 Å². The molecule has 5 nitrogen and oxygen atoms in total. The number of halogens is 2. The molecule has 0 bridgehead atoms. The number of nitrogens with zero attached hydrogens (tertiary/aromatic N) is 1. The number of amides is 2. The van der Waals surface area contributed by atoms with Gasteiger partial charge in [0.2, 0.25) is 5.91 Å². The van der Waals surface area contributed by atoms with Gasteiger partial charge >= 0.3 is 0 Å². The zero-order valence-electron chi connectivity index (χ0n) is 18.6. The molecule has 3 rings (SSSR count). The summed E-state index contributed by atoms with van der Waals surface area (Å²) in [6.45, 7) is 1.81. The first kappa shape index (κ1) is 24.6. The molecular weight excluding hydrogens is 459 g/mol. The quantitative estimate of drug-likeness (QED) is 0.461. The number of ether oxygens (including phenoxy) is 1. The van der Waals surface area contributed by atoms with Gasteiger partial charge in [-0.15, -0.1) is 0 Å². The Balaban J connectivity index is 1.91. The molecule has 0 radical (unpaired) electrons. The maximum Gasteiger partial charge on any atom is 0.261 e. The van der Waals surface area contributed by atoms with E-state index in [0.29, 0.717) is 27.8 Å². The van der Waals surface area contributed by atoms with Crippen LogP contribution in [0.3, 0.4) is 0 Å². The van der Waals surface area contributed by atoms with Crippen LogP contribution in [0, 0.1) is 6.92 Å². The van der Waals surface area contributed by atoms with Crippen LogP contribution in [0.15, 0.2) is 72.8 Å².